The number of nitro groups is 3. The molecule has 0 bridgehead atoms. The number of carbonyl (C=O) groups excluding carboxylic acids is 11. The van der Waals surface area contributed by atoms with Crippen molar-refractivity contribution in [1.82, 2.24) is 40.3 Å². The predicted molar refractivity (Wildman–Crippen MR) is 350 cm³/mol. The van der Waals surface area contributed by atoms with E-state index in [2.05, 4.69) is 36.0 Å². The monoisotopic (exact) mass is 1450 g/mol. The number of nitrogens with two attached hydrogens (primary N) is 1. The average molecular weight is 1450 g/mol. The van der Waals surface area contributed by atoms with Gasteiger partial charge in [-0.05, 0) is 85.0 Å². The molecule has 548 valence electrons. The Morgan fingerprint density at radius 2 is 0.765 bits per heavy atom. The third-order valence-electron chi connectivity index (χ3n) is 10.9. The number of carbonyl (C=O) groups is 12. The van der Waals surface area contributed by atoms with Crippen LogP contribution in [0.3, 0.4) is 0 Å². The zero-order valence-corrected chi connectivity index (χ0v) is 58.1. The van der Waals surface area contributed by atoms with Crippen LogP contribution in [0.15, 0.2) is 87.5 Å². The number of carboxylic acid groups (broad SMARTS) is 1. The maximum Gasteiger partial charge on any atom is 0.314 e. The van der Waals surface area contributed by atoms with E-state index < -0.39 is 80.5 Å². The molecular weight excluding hydrogens is 1360 g/mol. The van der Waals surface area contributed by atoms with Crippen molar-refractivity contribution in [1.29, 1.82) is 0 Å². The van der Waals surface area contributed by atoms with E-state index in [1.54, 1.807) is 25.5 Å². The molecule has 0 aliphatic carbocycles. The number of nitro benzene ring substituents is 3. The van der Waals surface area contributed by atoms with Gasteiger partial charge in [-0.3, -0.25) is 83.1 Å². The number of hydrogen-bond acceptors (Lipinski definition) is 25. The number of ether oxygens (including phenoxy) is 1. The van der Waals surface area contributed by atoms with Crippen LogP contribution in [0.25, 0.3) is 0 Å². The molecule has 1 aliphatic heterocycles. The van der Waals surface area contributed by atoms with Gasteiger partial charge < -0.3 is 47.0 Å². The minimum absolute atomic E-state index is 0.00519. The lowest BCUT2D eigenvalue weighted by Crippen LogP contribution is -2.34. The number of ketones is 1. The van der Waals surface area contributed by atoms with Crippen LogP contribution in [0.5, 0.6) is 0 Å². The molecule has 98 heavy (non-hydrogen) atoms. The highest BCUT2D eigenvalue weighted by atomic mass is 32.2. The third kappa shape index (κ3) is 45.2. The number of hydrogen-bond donors (Lipinski definition) is 9. The fourth-order valence-corrected chi connectivity index (χ4v) is 9.02. The number of cyclic esters (lactones) is 2. The van der Waals surface area contributed by atoms with E-state index in [0.717, 1.165) is 67.7 Å². The Hall–Kier alpha value is -10.3. The second-order valence-electron chi connectivity index (χ2n) is 18.5. The first-order valence-corrected chi connectivity index (χ1v) is 33.9. The van der Waals surface area contributed by atoms with Crippen LogP contribution in [-0.4, -0.2) is 167 Å². The van der Waals surface area contributed by atoms with Crippen LogP contribution < -0.4 is 41.8 Å². The van der Waals surface area contributed by atoms with Crippen molar-refractivity contribution in [3.05, 3.63) is 103 Å². The van der Waals surface area contributed by atoms with E-state index in [1.165, 1.54) is 26.1 Å². The second-order valence-corrected chi connectivity index (χ2v) is 24.1. The summed E-state index contributed by atoms with van der Waals surface area (Å²) in [6, 6.07) is 12.9. The van der Waals surface area contributed by atoms with E-state index in [9.17, 15) is 113 Å². The molecule has 8 amide bonds. The summed E-state index contributed by atoms with van der Waals surface area (Å²) in [7, 11) is -9.39. The van der Waals surface area contributed by atoms with Crippen molar-refractivity contribution in [2.45, 2.75) is 147 Å². The molecule has 0 radical (unpaired) electrons. The summed E-state index contributed by atoms with van der Waals surface area (Å²) in [6.07, 6.45) is 0.728. The molecule has 0 atom stereocenters. The number of aliphatic carboxylic acids is 1. The van der Waals surface area contributed by atoms with Gasteiger partial charge in [0.25, 0.3) is 37.1 Å². The molecule has 1 fully saturated rings. The summed E-state index contributed by atoms with van der Waals surface area (Å²) in [5, 5.41) is 52.1. The Balaban J connectivity index is -0.000000544. The van der Waals surface area contributed by atoms with Gasteiger partial charge in [-0.15, -0.1) is 0 Å². The number of primary amides is 1. The molecule has 0 saturated carbocycles. The van der Waals surface area contributed by atoms with Crippen LogP contribution in [-0.2, 0) is 92.3 Å². The van der Waals surface area contributed by atoms with Crippen LogP contribution in [0, 0.1) is 30.3 Å². The van der Waals surface area contributed by atoms with Gasteiger partial charge in [-0.25, -0.2) is 39.0 Å². The Morgan fingerprint density at radius 1 is 0.480 bits per heavy atom. The molecule has 38 nitrogen and oxygen atoms in total. The van der Waals surface area contributed by atoms with Crippen LogP contribution in [0.1, 0.15) is 132 Å². The van der Waals surface area contributed by atoms with Crippen molar-refractivity contribution >= 4 is 118 Å². The number of sulfonamides is 3. The molecule has 0 spiro atoms. The van der Waals surface area contributed by atoms with Gasteiger partial charge in [0.15, 0.2) is 0 Å². The van der Waals surface area contributed by atoms with Crippen molar-refractivity contribution < 1.29 is 107 Å². The molecule has 1 heterocycles. The first-order valence-electron chi connectivity index (χ1n) is 29.5. The number of esters is 2. The Bertz CT molecular complexity index is 3390. The van der Waals surface area contributed by atoms with Crippen molar-refractivity contribution in [2.24, 2.45) is 5.73 Å². The van der Waals surface area contributed by atoms with E-state index >= 15 is 0 Å². The molecule has 41 heteroatoms. The first kappa shape index (κ1) is 94.1. The molecule has 3 aromatic carbocycles. The lowest BCUT2D eigenvalue weighted by Gasteiger charge is -2.17. The highest BCUT2D eigenvalue weighted by Crippen LogP contribution is 2.20. The molecule has 10 N–H and O–H groups in total. The number of Topliss-reactive ketones (excluding diaryl/α,β-unsaturated/α-hetero) is 1. The van der Waals surface area contributed by atoms with Gasteiger partial charge in [-0.2, -0.15) is 0 Å². The summed E-state index contributed by atoms with van der Waals surface area (Å²) in [6.45, 7) is 17.0. The maximum atomic E-state index is 12.3. The third-order valence-corrected chi connectivity index (χ3v) is 15.5. The summed E-state index contributed by atoms with van der Waals surface area (Å²) >= 11 is 0. The Labute approximate surface area is 566 Å². The Morgan fingerprint density at radius 3 is 1.04 bits per heavy atom. The maximum absolute atomic E-state index is 12.3. The zero-order chi connectivity index (χ0) is 76.4. The minimum Gasteiger partial charge on any atom is -0.481 e. The lowest BCUT2D eigenvalue weighted by molar-refractivity contribution is -0.385. The molecule has 1 aliphatic rings. The normalized spacial score (nSPS) is 10.8. The molecule has 1 saturated heterocycles. The lowest BCUT2D eigenvalue weighted by atomic mass is 10.2. The minimum atomic E-state index is -4.12. The van der Waals surface area contributed by atoms with Gasteiger partial charge in [0, 0.05) is 134 Å². The smallest absolute Gasteiger partial charge is 0.314 e. The highest BCUT2D eigenvalue weighted by molar-refractivity contribution is 7.90. The fraction of sp³-hybridized carbons (Fsp3) is 0.474. The van der Waals surface area contributed by atoms with Gasteiger partial charge in [-0.1, -0.05) is 13.8 Å². The van der Waals surface area contributed by atoms with E-state index in [-0.39, 0.29) is 131 Å². The van der Waals surface area contributed by atoms with E-state index in [1.807, 2.05) is 27.7 Å². The van der Waals surface area contributed by atoms with Crippen molar-refractivity contribution in [3.63, 3.8) is 0 Å². The number of carboxylic acids is 1. The van der Waals surface area contributed by atoms with Crippen LogP contribution >= 0.6 is 0 Å². The predicted octanol–water partition coefficient (Wildman–Crippen LogP) is 2.22. The number of benzene rings is 3. The number of amides is 8. The molecule has 0 unspecified atom stereocenters. The first-order chi connectivity index (χ1) is 45.7. The van der Waals surface area contributed by atoms with Gasteiger partial charge >= 0.3 is 17.9 Å². The number of rotatable bonds is 29. The molecular formula is C57H86N12O26S3. The second kappa shape index (κ2) is 52.0. The quantitative estimate of drug-likeness (QED) is 0.0208. The molecule has 4 rings (SSSR count). The SMILES string of the molecule is CC.CCNC(=O)CCC(=O)N(C)S(=O)(=O)c1ccc([N+](=O)[O-])cc1.CCNC(=O)CCC(=O)NS(=O)(=O)c1ccc([N+](=O)[O-])cc1.CCNC(=O)CCC(=O)O.CCNC(=O)CCC(C)=O.CCNC(=O)CCC(N)=O.CNS(=O)(=O)c1ccc([N+](=O)[O-])cc1.O=C1CCC(=O)O1. The number of non-ortho nitro benzene ring substituents is 3. The number of nitrogens with one attached hydrogen (secondary N) is 7. The summed E-state index contributed by atoms with van der Waals surface area (Å²) in [4.78, 5) is 157. The summed E-state index contributed by atoms with van der Waals surface area (Å²) in [5.74, 6) is -4.76. The summed E-state index contributed by atoms with van der Waals surface area (Å²) in [5.41, 5.74) is 4.16. The average Bonchev–Trinajstić information content (AvgIpc) is 0.836. The topological polar surface area (TPSA) is 580 Å². The number of nitrogens with zero attached hydrogens (tertiary/aromatic N) is 4. The van der Waals surface area contributed by atoms with Gasteiger partial charge in [0.2, 0.25) is 57.3 Å². The fourth-order valence-electron chi connectivity index (χ4n) is 6.12. The Kier molecular flexibility index (Phi) is 49.9. The molecule has 0 aromatic heterocycles. The highest BCUT2D eigenvalue weighted by Gasteiger charge is 2.27. The van der Waals surface area contributed by atoms with Crippen molar-refractivity contribution in [3.8, 4) is 0 Å². The largest absolute Gasteiger partial charge is 0.481 e. The van der Waals surface area contributed by atoms with Crippen molar-refractivity contribution in [2.75, 3.05) is 46.8 Å². The van der Waals surface area contributed by atoms with E-state index in [0.29, 0.717) is 49.9 Å². The molecule has 3 aromatic rings. The van der Waals surface area contributed by atoms with E-state index in [4.69, 9.17) is 10.8 Å². The van der Waals surface area contributed by atoms with Gasteiger partial charge in [0.1, 0.15) is 5.78 Å². The zero-order valence-electron chi connectivity index (χ0n) is 55.7. The van der Waals surface area contributed by atoms with Crippen LogP contribution in [0.4, 0.5) is 17.1 Å². The van der Waals surface area contributed by atoms with Crippen LogP contribution in [0.2, 0.25) is 0 Å². The standard InChI is InChI=1S/C13H17N3O6S.C12H15N3O6S.C7H8N2O4S.C7H13NO2.C6H12N2O2.C6H11NO3.C4H4O3.C2H6/c1-3-14-12(17)8-9-13(18)15(2)23(21,22)11-6-4-10(5-7-11)16(19)20;1-2-13-11(16)7-8-12(17)14-22(20,21)10-5-3-9(4-6-10)15(18)19;1-8-14(12,13)7-4-2-6(3-5-7)9(10)11;1-3-8-7(10)5-4-6(2)9;1-2-8-6(10)4-3-5(7)9;1-2-7-5(8)3-4-6(9)10;5-3-1-2-4(6)7-3;1-2/h4-7H,3,8-9H2,1-2H3,(H,14,17);3-6H,2,7-8H2,1H3,(H,13,16)(H,14,17);2-5,8H,1H3;3-5H2,1-2H3,(H,8,10);2-4H2,1H3,(H2,7,9)(H,8,10);2-4H2,1H3,(H,7,8)(H,9,10);1-2H2;1-2H3. The summed E-state index contributed by atoms with van der Waals surface area (Å²) < 4.78 is 79.2. The van der Waals surface area contributed by atoms with Gasteiger partial charge in [0.05, 0.1) is 48.7 Å².